The van der Waals surface area contributed by atoms with Gasteiger partial charge >= 0.3 is 11.9 Å². The van der Waals surface area contributed by atoms with E-state index in [1.54, 1.807) is 0 Å². The first-order valence-corrected chi connectivity index (χ1v) is 11.5. The molecule has 0 saturated heterocycles. The molecule has 0 fully saturated rings. The van der Waals surface area contributed by atoms with Gasteiger partial charge in [0.1, 0.15) is 0 Å². The van der Waals surface area contributed by atoms with Crippen molar-refractivity contribution in [3.8, 4) is 0 Å². The molecule has 1 unspecified atom stereocenters. The number of aliphatic carboxylic acids is 2. The molecule has 0 aromatic carbocycles. The minimum absolute atomic E-state index is 0.0651. The van der Waals surface area contributed by atoms with Gasteiger partial charge in [-0.15, -0.1) is 0 Å². The number of fused-ring (bicyclic) bond motifs is 1. The molecular formula is C25H38O6. The predicted molar refractivity (Wildman–Crippen MR) is 119 cm³/mol. The number of rotatable bonds is 10. The van der Waals surface area contributed by atoms with Gasteiger partial charge in [0.25, 0.3) is 0 Å². The van der Waals surface area contributed by atoms with Crippen LogP contribution >= 0.6 is 0 Å². The topological polar surface area (TPSA) is 115 Å². The fourth-order valence-electron chi connectivity index (χ4n) is 5.11. The third kappa shape index (κ3) is 7.62. The largest absolute Gasteiger partial charge is 0.481 e. The summed E-state index contributed by atoms with van der Waals surface area (Å²) < 4.78 is 0. The fourth-order valence-corrected chi connectivity index (χ4v) is 5.11. The number of carbonyl (C=O) groups is 2. The van der Waals surface area contributed by atoms with Gasteiger partial charge in [-0.2, -0.15) is 0 Å². The molecule has 31 heavy (non-hydrogen) atoms. The molecule has 0 aromatic rings. The summed E-state index contributed by atoms with van der Waals surface area (Å²) in [5, 5.41) is 38.4. The SMILES string of the molecule is CC[C@H](C=C1C[C@@H](C)C=C2C=C[C@H](C)[C@H](CCC(O)C[C@H](O)CC(=O)O)[C@H]2C1)C(=O)O. The Morgan fingerprint density at radius 1 is 1.16 bits per heavy atom. The summed E-state index contributed by atoms with van der Waals surface area (Å²) >= 11 is 0. The normalized spacial score (nSPS) is 30.1. The summed E-state index contributed by atoms with van der Waals surface area (Å²) in [6.45, 7) is 6.24. The van der Waals surface area contributed by atoms with Crippen LogP contribution in [0.3, 0.4) is 0 Å². The second-order valence-corrected chi connectivity index (χ2v) is 9.44. The van der Waals surface area contributed by atoms with Crippen molar-refractivity contribution in [3.05, 3.63) is 35.5 Å². The molecule has 174 valence electrons. The Hall–Kier alpha value is -1.92. The van der Waals surface area contributed by atoms with E-state index in [1.807, 2.05) is 13.0 Å². The first-order valence-electron chi connectivity index (χ1n) is 11.5. The Balaban J connectivity index is 2.13. The third-order valence-electron chi connectivity index (χ3n) is 6.74. The summed E-state index contributed by atoms with van der Waals surface area (Å²) in [6, 6.07) is 0. The van der Waals surface area contributed by atoms with Crippen LogP contribution in [0.4, 0.5) is 0 Å². The van der Waals surface area contributed by atoms with E-state index < -0.39 is 30.1 Å². The highest BCUT2D eigenvalue weighted by Crippen LogP contribution is 2.44. The van der Waals surface area contributed by atoms with Gasteiger partial charge in [0.15, 0.2) is 0 Å². The van der Waals surface area contributed by atoms with Crippen molar-refractivity contribution in [1.82, 2.24) is 0 Å². The second-order valence-electron chi connectivity index (χ2n) is 9.44. The van der Waals surface area contributed by atoms with Crippen LogP contribution < -0.4 is 0 Å². The smallest absolute Gasteiger partial charge is 0.310 e. The lowest BCUT2D eigenvalue weighted by molar-refractivity contribution is -0.141. The van der Waals surface area contributed by atoms with E-state index in [-0.39, 0.29) is 18.8 Å². The van der Waals surface area contributed by atoms with Crippen LogP contribution in [0.25, 0.3) is 0 Å². The first-order chi connectivity index (χ1) is 14.6. The molecule has 6 heteroatoms. The number of hydrogen-bond acceptors (Lipinski definition) is 4. The summed E-state index contributed by atoms with van der Waals surface area (Å²) in [5.74, 6) is -1.06. The number of allylic oxidation sites excluding steroid dienone is 5. The first kappa shape index (κ1) is 25.3. The Morgan fingerprint density at radius 2 is 1.87 bits per heavy atom. The molecule has 0 saturated carbocycles. The van der Waals surface area contributed by atoms with Crippen LogP contribution in [-0.2, 0) is 9.59 Å². The van der Waals surface area contributed by atoms with E-state index in [2.05, 4.69) is 32.1 Å². The number of carboxylic acids is 2. The van der Waals surface area contributed by atoms with Crippen molar-refractivity contribution < 1.29 is 30.0 Å². The zero-order valence-electron chi connectivity index (χ0n) is 18.9. The maximum Gasteiger partial charge on any atom is 0.310 e. The van der Waals surface area contributed by atoms with E-state index in [0.717, 1.165) is 19.3 Å². The number of hydrogen-bond donors (Lipinski definition) is 4. The molecular weight excluding hydrogens is 396 g/mol. The van der Waals surface area contributed by atoms with Crippen molar-refractivity contribution in [2.45, 2.75) is 77.9 Å². The van der Waals surface area contributed by atoms with Crippen molar-refractivity contribution in [1.29, 1.82) is 0 Å². The average molecular weight is 435 g/mol. The Kier molecular flexibility index (Phi) is 9.51. The highest BCUT2D eigenvalue weighted by atomic mass is 16.4. The number of aliphatic hydroxyl groups is 2. The van der Waals surface area contributed by atoms with E-state index in [0.29, 0.717) is 30.6 Å². The summed E-state index contributed by atoms with van der Waals surface area (Å²) in [5.41, 5.74) is 2.49. The molecule has 4 N–H and O–H groups in total. The minimum atomic E-state index is -1.07. The molecule has 0 bridgehead atoms. The van der Waals surface area contributed by atoms with Crippen LogP contribution in [0.2, 0.25) is 0 Å². The third-order valence-corrected chi connectivity index (χ3v) is 6.74. The zero-order valence-corrected chi connectivity index (χ0v) is 18.9. The molecule has 2 rings (SSSR count). The Morgan fingerprint density at radius 3 is 2.48 bits per heavy atom. The van der Waals surface area contributed by atoms with Gasteiger partial charge < -0.3 is 20.4 Å². The van der Waals surface area contributed by atoms with E-state index in [1.165, 1.54) is 11.1 Å². The summed E-state index contributed by atoms with van der Waals surface area (Å²) in [4.78, 5) is 22.3. The fraction of sp³-hybridized carbons (Fsp3) is 0.680. The maximum absolute atomic E-state index is 11.5. The van der Waals surface area contributed by atoms with Crippen molar-refractivity contribution in [2.75, 3.05) is 0 Å². The monoisotopic (exact) mass is 434 g/mol. The molecule has 0 spiro atoms. The van der Waals surface area contributed by atoms with Gasteiger partial charge in [-0.3, -0.25) is 9.59 Å². The Labute approximate surface area is 185 Å². The van der Waals surface area contributed by atoms with Gasteiger partial charge in [-0.25, -0.2) is 0 Å². The number of carboxylic acid groups (broad SMARTS) is 2. The molecule has 7 atom stereocenters. The lowest BCUT2D eigenvalue weighted by Gasteiger charge is -2.36. The molecule has 0 amide bonds. The van der Waals surface area contributed by atoms with Crippen molar-refractivity contribution >= 4 is 11.9 Å². The molecule has 2 aliphatic rings. The van der Waals surface area contributed by atoms with Crippen molar-refractivity contribution in [3.63, 3.8) is 0 Å². The molecule has 0 aliphatic heterocycles. The Bertz CT molecular complexity index is 722. The quantitative estimate of drug-likeness (QED) is 0.383. The average Bonchev–Trinajstić information content (AvgIpc) is 2.82. The van der Waals surface area contributed by atoms with E-state index in [4.69, 9.17) is 5.11 Å². The second kappa shape index (κ2) is 11.6. The van der Waals surface area contributed by atoms with Gasteiger partial charge in [-0.1, -0.05) is 50.6 Å². The minimum Gasteiger partial charge on any atom is -0.481 e. The molecule has 0 heterocycles. The van der Waals surface area contributed by atoms with Crippen LogP contribution in [0.1, 0.15) is 65.7 Å². The maximum atomic E-state index is 11.5. The van der Waals surface area contributed by atoms with Crippen LogP contribution in [-0.4, -0.2) is 44.6 Å². The highest BCUT2D eigenvalue weighted by Gasteiger charge is 2.34. The van der Waals surface area contributed by atoms with Crippen LogP contribution in [0, 0.1) is 29.6 Å². The van der Waals surface area contributed by atoms with Gasteiger partial charge in [0.05, 0.1) is 24.5 Å². The molecule has 2 aliphatic carbocycles. The van der Waals surface area contributed by atoms with Gasteiger partial charge in [0, 0.05) is 0 Å². The van der Waals surface area contributed by atoms with E-state index in [9.17, 15) is 24.9 Å². The molecule has 0 radical (unpaired) electrons. The predicted octanol–water partition coefficient (Wildman–Crippen LogP) is 4.19. The molecule has 6 nitrogen and oxygen atoms in total. The summed E-state index contributed by atoms with van der Waals surface area (Å²) in [6.07, 6.45) is 10.1. The van der Waals surface area contributed by atoms with Crippen molar-refractivity contribution in [2.24, 2.45) is 29.6 Å². The summed E-state index contributed by atoms with van der Waals surface area (Å²) in [7, 11) is 0. The highest BCUT2D eigenvalue weighted by molar-refractivity contribution is 5.72. The zero-order chi connectivity index (χ0) is 23.1. The number of aliphatic hydroxyl groups excluding tert-OH is 2. The van der Waals surface area contributed by atoms with Gasteiger partial charge in [0.2, 0.25) is 0 Å². The van der Waals surface area contributed by atoms with E-state index >= 15 is 0 Å². The van der Waals surface area contributed by atoms with Crippen LogP contribution in [0.5, 0.6) is 0 Å². The lowest BCUT2D eigenvalue weighted by atomic mass is 9.69. The van der Waals surface area contributed by atoms with Crippen LogP contribution in [0.15, 0.2) is 35.5 Å². The standard InChI is InChI=1S/C25H38O6/c1-4-18(25(30)31)11-17-9-15(2)10-19-6-5-16(3)22(23(19)12-17)8-7-20(26)13-21(27)14-24(28)29/h5-6,10-11,15-16,18,20-23,26-27H,4,7-9,12-14H2,1-3H3,(H,28,29)(H,30,31)/t15-,16+,18-,20?,21+,22+,23+/m1/s1. The van der Waals surface area contributed by atoms with Gasteiger partial charge in [-0.05, 0) is 67.8 Å². The lowest BCUT2D eigenvalue weighted by Crippen LogP contribution is -2.28. The molecule has 0 aromatic heterocycles.